The SMILES string of the molecule is COc1nc(C#Cc2ccccc2)c(Cl)n2c(C)cnc12. The maximum atomic E-state index is 6.39. The van der Waals surface area contributed by atoms with Crippen LogP contribution < -0.4 is 4.74 Å². The van der Waals surface area contributed by atoms with Crippen molar-refractivity contribution in [3.05, 3.63) is 58.6 Å². The van der Waals surface area contributed by atoms with Crippen LogP contribution in [0.15, 0.2) is 36.5 Å². The van der Waals surface area contributed by atoms with Gasteiger partial charge in [0.05, 0.1) is 7.11 Å². The molecule has 0 aliphatic heterocycles. The summed E-state index contributed by atoms with van der Waals surface area (Å²) in [5.41, 5.74) is 2.85. The van der Waals surface area contributed by atoms with Crippen molar-refractivity contribution in [2.45, 2.75) is 6.92 Å². The summed E-state index contributed by atoms with van der Waals surface area (Å²) in [6.45, 7) is 1.92. The molecule has 21 heavy (non-hydrogen) atoms. The Bertz CT molecular complexity index is 860. The lowest BCUT2D eigenvalue weighted by atomic mass is 10.2. The molecule has 1 aromatic carbocycles. The van der Waals surface area contributed by atoms with E-state index in [-0.39, 0.29) is 0 Å². The first-order chi connectivity index (χ1) is 10.2. The number of hydrogen-bond acceptors (Lipinski definition) is 3. The third-order valence-corrected chi connectivity index (χ3v) is 3.37. The van der Waals surface area contributed by atoms with Gasteiger partial charge in [-0.25, -0.2) is 4.98 Å². The predicted octanol–water partition coefficient (Wildman–Crippen LogP) is 3.10. The Labute approximate surface area is 127 Å². The topological polar surface area (TPSA) is 39.4 Å². The molecule has 3 aromatic rings. The van der Waals surface area contributed by atoms with Crippen LogP contribution >= 0.6 is 11.6 Å². The van der Waals surface area contributed by atoms with Crippen LogP contribution in [-0.4, -0.2) is 21.5 Å². The van der Waals surface area contributed by atoms with Gasteiger partial charge in [-0.1, -0.05) is 35.7 Å². The molecule has 0 bridgehead atoms. The monoisotopic (exact) mass is 297 g/mol. The van der Waals surface area contributed by atoms with E-state index >= 15 is 0 Å². The van der Waals surface area contributed by atoms with Gasteiger partial charge >= 0.3 is 0 Å². The Balaban J connectivity index is 2.17. The van der Waals surface area contributed by atoms with Gasteiger partial charge in [0.1, 0.15) is 5.15 Å². The molecule has 0 radical (unpaired) electrons. The molecule has 0 spiro atoms. The van der Waals surface area contributed by atoms with E-state index in [0.29, 0.717) is 22.4 Å². The number of benzene rings is 1. The smallest absolute Gasteiger partial charge is 0.259 e. The highest BCUT2D eigenvalue weighted by Gasteiger charge is 2.14. The van der Waals surface area contributed by atoms with Gasteiger partial charge in [0.15, 0.2) is 5.69 Å². The third-order valence-electron chi connectivity index (χ3n) is 3.03. The second-order valence-corrected chi connectivity index (χ2v) is 4.79. The molecule has 2 aromatic heterocycles. The molecule has 0 fully saturated rings. The number of aryl methyl sites for hydroxylation is 1. The highest BCUT2D eigenvalue weighted by Crippen LogP contribution is 2.24. The van der Waals surface area contributed by atoms with Crippen molar-refractivity contribution in [1.82, 2.24) is 14.4 Å². The van der Waals surface area contributed by atoms with Crippen LogP contribution in [0.4, 0.5) is 0 Å². The number of fused-ring (bicyclic) bond motifs is 1. The van der Waals surface area contributed by atoms with Crippen molar-refractivity contribution in [3.63, 3.8) is 0 Å². The van der Waals surface area contributed by atoms with Gasteiger partial charge in [0.25, 0.3) is 5.88 Å². The number of aromatic nitrogens is 3. The van der Waals surface area contributed by atoms with E-state index in [1.807, 2.05) is 37.3 Å². The zero-order valence-electron chi connectivity index (χ0n) is 11.6. The zero-order valence-corrected chi connectivity index (χ0v) is 12.3. The van der Waals surface area contributed by atoms with Crippen LogP contribution in [0.5, 0.6) is 5.88 Å². The molecule has 0 saturated heterocycles. The number of nitrogens with zero attached hydrogens (tertiary/aromatic N) is 3. The fourth-order valence-electron chi connectivity index (χ4n) is 2.01. The summed E-state index contributed by atoms with van der Waals surface area (Å²) in [5, 5.41) is 0.434. The fourth-order valence-corrected chi connectivity index (χ4v) is 2.31. The van der Waals surface area contributed by atoms with Crippen molar-refractivity contribution in [3.8, 4) is 17.7 Å². The van der Waals surface area contributed by atoms with Crippen LogP contribution in [0.2, 0.25) is 5.15 Å². The van der Waals surface area contributed by atoms with E-state index < -0.39 is 0 Å². The molecule has 0 aliphatic carbocycles. The number of ether oxygens (including phenoxy) is 1. The van der Waals surface area contributed by atoms with Gasteiger partial charge in [0, 0.05) is 17.5 Å². The lowest BCUT2D eigenvalue weighted by Gasteiger charge is -2.06. The van der Waals surface area contributed by atoms with E-state index in [2.05, 4.69) is 21.8 Å². The van der Waals surface area contributed by atoms with E-state index in [9.17, 15) is 0 Å². The lowest BCUT2D eigenvalue weighted by molar-refractivity contribution is 0.399. The van der Waals surface area contributed by atoms with Crippen molar-refractivity contribution < 1.29 is 4.74 Å². The first-order valence-electron chi connectivity index (χ1n) is 6.35. The number of imidazole rings is 1. The Morgan fingerprint density at radius 3 is 2.67 bits per heavy atom. The average molecular weight is 298 g/mol. The Kier molecular flexibility index (Phi) is 3.51. The van der Waals surface area contributed by atoms with E-state index in [4.69, 9.17) is 16.3 Å². The molecular formula is C16H12ClN3O. The number of halogens is 1. The van der Waals surface area contributed by atoms with E-state index in [0.717, 1.165) is 11.3 Å². The lowest BCUT2D eigenvalue weighted by Crippen LogP contribution is -2.01. The number of rotatable bonds is 1. The normalized spacial score (nSPS) is 10.2. The minimum absolute atomic E-state index is 0.407. The van der Waals surface area contributed by atoms with Crippen molar-refractivity contribution in [2.24, 2.45) is 0 Å². The van der Waals surface area contributed by atoms with E-state index in [1.165, 1.54) is 0 Å². The molecule has 0 amide bonds. The second kappa shape index (κ2) is 5.47. The third kappa shape index (κ3) is 2.44. The summed E-state index contributed by atoms with van der Waals surface area (Å²) < 4.78 is 7.05. The summed E-state index contributed by atoms with van der Waals surface area (Å²) in [4.78, 5) is 8.59. The molecule has 5 heteroatoms. The van der Waals surface area contributed by atoms with Gasteiger partial charge < -0.3 is 4.74 Å². The number of methoxy groups -OCH3 is 1. The van der Waals surface area contributed by atoms with Gasteiger partial charge in [-0.05, 0) is 25.0 Å². The maximum Gasteiger partial charge on any atom is 0.259 e. The standard InChI is InChI=1S/C16H12ClN3O/c1-11-10-18-15-16(21-2)19-13(14(17)20(11)15)9-8-12-6-4-3-5-7-12/h3-7,10H,1-2H3. The van der Waals surface area contributed by atoms with Crippen molar-refractivity contribution in [1.29, 1.82) is 0 Å². The molecule has 0 saturated carbocycles. The molecule has 0 N–H and O–H groups in total. The van der Waals surface area contributed by atoms with Crippen molar-refractivity contribution >= 4 is 17.2 Å². The first-order valence-corrected chi connectivity index (χ1v) is 6.73. The molecule has 4 nitrogen and oxygen atoms in total. The Hall–Kier alpha value is -2.51. The van der Waals surface area contributed by atoms with Crippen LogP contribution in [0.3, 0.4) is 0 Å². The van der Waals surface area contributed by atoms with Crippen LogP contribution in [0, 0.1) is 18.8 Å². The molecule has 3 rings (SSSR count). The molecular weight excluding hydrogens is 286 g/mol. The molecule has 0 aliphatic rings. The highest BCUT2D eigenvalue weighted by molar-refractivity contribution is 6.30. The minimum Gasteiger partial charge on any atom is -0.478 e. The molecule has 104 valence electrons. The fraction of sp³-hybridized carbons (Fsp3) is 0.125. The predicted molar refractivity (Wildman–Crippen MR) is 81.7 cm³/mol. The second-order valence-electron chi connectivity index (χ2n) is 4.44. The molecule has 2 heterocycles. The Morgan fingerprint density at radius 2 is 1.95 bits per heavy atom. The zero-order chi connectivity index (χ0) is 14.8. The Morgan fingerprint density at radius 1 is 1.19 bits per heavy atom. The largest absolute Gasteiger partial charge is 0.478 e. The van der Waals surface area contributed by atoms with Gasteiger partial charge in [-0.2, -0.15) is 4.98 Å². The van der Waals surface area contributed by atoms with Crippen LogP contribution in [0.25, 0.3) is 5.65 Å². The van der Waals surface area contributed by atoms with Crippen LogP contribution in [-0.2, 0) is 0 Å². The first kappa shape index (κ1) is 13.5. The highest BCUT2D eigenvalue weighted by atomic mass is 35.5. The van der Waals surface area contributed by atoms with E-state index in [1.54, 1.807) is 17.7 Å². The quantitative estimate of drug-likeness (QED) is 0.648. The summed E-state index contributed by atoms with van der Waals surface area (Å²) >= 11 is 6.39. The van der Waals surface area contributed by atoms with Gasteiger partial charge in [0.2, 0.25) is 5.65 Å². The maximum absolute atomic E-state index is 6.39. The molecule has 0 atom stereocenters. The molecule has 0 unspecified atom stereocenters. The van der Waals surface area contributed by atoms with Gasteiger partial charge in [-0.15, -0.1) is 0 Å². The summed E-state index contributed by atoms with van der Waals surface area (Å²) in [5.74, 6) is 6.44. The van der Waals surface area contributed by atoms with Crippen LogP contribution in [0.1, 0.15) is 17.0 Å². The average Bonchev–Trinajstić information content (AvgIpc) is 2.90. The van der Waals surface area contributed by atoms with Gasteiger partial charge in [-0.3, -0.25) is 4.40 Å². The summed E-state index contributed by atoms with van der Waals surface area (Å²) in [7, 11) is 1.55. The van der Waals surface area contributed by atoms with Crippen molar-refractivity contribution in [2.75, 3.05) is 7.11 Å². The number of hydrogen-bond donors (Lipinski definition) is 0. The summed E-state index contributed by atoms with van der Waals surface area (Å²) in [6.07, 6.45) is 1.72. The minimum atomic E-state index is 0.407. The summed E-state index contributed by atoms with van der Waals surface area (Å²) in [6, 6.07) is 9.67.